The van der Waals surface area contributed by atoms with Crippen molar-refractivity contribution in [2.75, 3.05) is 32.2 Å². The molecule has 114 valence electrons. The molecule has 0 atom stereocenters. The molecule has 0 heterocycles. The maximum atomic E-state index is 5.85. The van der Waals surface area contributed by atoms with Crippen molar-refractivity contribution in [3.63, 3.8) is 0 Å². The first-order valence-corrected chi connectivity index (χ1v) is 7.87. The Morgan fingerprint density at radius 2 is 1.75 bits per heavy atom. The van der Waals surface area contributed by atoms with E-state index < -0.39 is 0 Å². The minimum absolute atomic E-state index is 0.504. The van der Waals surface area contributed by atoms with E-state index in [4.69, 9.17) is 21.1 Å². The molecule has 4 heteroatoms. The van der Waals surface area contributed by atoms with Crippen molar-refractivity contribution >= 4 is 11.6 Å². The van der Waals surface area contributed by atoms with Crippen LogP contribution >= 0.6 is 11.6 Å². The van der Waals surface area contributed by atoms with Gasteiger partial charge in [-0.1, -0.05) is 12.1 Å². The van der Waals surface area contributed by atoms with Gasteiger partial charge in [0.2, 0.25) is 0 Å². The zero-order chi connectivity index (χ0) is 14.8. The summed E-state index contributed by atoms with van der Waals surface area (Å²) in [6, 6.07) is 8.31. The van der Waals surface area contributed by atoms with Crippen LogP contribution in [0.2, 0.25) is 0 Å². The molecule has 0 fully saturated rings. The number of benzene rings is 1. The monoisotopic (exact) mass is 299 g/mol. The van der Waals surface area contributed by atoms with E-state index in [-0.39, 0.29) is 0 Å². The number of halogens is 1. The Kier molecular flexibility index (Phi) is 8.47. The average Bonchev–Trinajstić information content (AvgIpc) is 2.44. The van der Waals surface area contributed by atoms with Gasteiger partial charge in [0.15, 0.2) is 11.5 Å². The Bertz CT molecular complexity index is 371. The molecule has 0 amide bonds. The van der Waals surface area contributed by atoms with Crippen molar-refractivity contribution in [3.8, 4) is 11.5 Å². The number of ether oxygens (including phenoxy) is 2. The predicted molar refractivity (Wildman–Crippen MR) is 85.2 cm³/mol. The predicted octanol–water partition coefficient (Wildman–Crippen LogP) is 3.80. The highest BCUT2D eigenvalue weighted by Gasteiger charge is 2.10. The number of hydrogen-bond donors (Lipinski definition) is 0. The second-order valence-corrected chi connectivity index (χ2v) is 5.28. The Hall–Kier alpha value is -0.930. The van der Waals surface area contributed by atoms with Gasteiger partial charge in [-0.05, 0) is 45.9 Å². The van der Waals surface area contributed by atoms with Crippen LogP contribution < -0.4 is 9.47 Å². The minimum Gasteiger partial charge on any atom is -0.490 e. The highest BCUT2D eigenvalue weighted by Crippen LogP contribution is 2.26. The first-order chi connectivity index (χ1) is 9.69. The lowest BCUT2D eigenvalue weighted by atomic mass is 10.3. The number of nitrogens with zero attached hydrogens (tertiary/aromatic N) is 1. The average molecular weight is 300 g/mol. The van der Waals surface area contributed by atoms with Crippen molar-refractivity contribution in [1.29, 1.82) is 0 Å². The molecule has 1 aromatic carbocycles. The molecule has 3 nitrogen and oxygen atoms in total. The molecule has 0 saturated carbocycles. The van der Waals surface area contributed by atoms with Gasteiger partial charge in [-0.2, -0.15) is 0 Å². The van der Waals surface area contributed by atoms with E-state index in [1.165, 1.54) is 0 Å². The standard InChI is InChI=1S/C16H26ClNO2/c1-4-19-15-8-5-6-9-16(15)20-13-12-18(14(2)3)11-7-10-17/h5-6,8-9,14H,4,7,10-13H2,1-3H3. The van der Waals surface area contributed by atoms with E-state index in [1.54, 1.807) is 0 Å². The van der Waals surface area contributed by atoms with Crippen LogP contribution in [0.5, 0.6) is 11.5 Å². The summed E-state index contributed by atoms with van der Waals surface area (Å²) in [5.74, 6) is 2.33. The molecule has 0 saturated heterocycles. The highest BCUT2D eigenvalue weighted by molar-refractivity contribution is 6.17. The van der Waals surface area contributed by atoms with Gasteiger partial charge in [0, 0.05) is 18.5 Å². The second kappa shape index (κ2) is 9.89. The third kappa shape index (κ3) is 6.02. The molecule has 0 bridgehead atoms. The summed E-state index contributed by atoms with van der Waals surface area (Å²) in [7, 11) is 0. The molecular weight excluding hydrogens is 274 g/mol. The van der Waals surface area contributed by atoms with E-state index in [2.05, 4.69) is 18.7 Å². The summed E-state index contributed by atoms with van der Waals surface area (Å²) in [5.41, 5.74) is 0. The van der Waals surface area contributed by atoms with Crippen LogP contribution in [0.3, 0.4) is 0 Å². The van der Waals surface area contributed by atoms with Gasteiger partial charge in [0.25, 0.3) is 0 Å². The summed E-state index contributed by atoms with van der Waals surface area (Å²) in [5, 5.41) is 0. The van der Waals surface area contributed by atoms with Crippen molar-refractivity contribution in [1.82, 2.24) is 4.90 Å². The van der Waals surface area contributed by atoms with E-state index in [0.29, 0.717) is 25.1 Å². The highest BCUT2D eigenvalue weighted by atomic mass is 35.5. The van der Waals surface area contributed by atoms with Gasteiger partial charge >= 0.3 is 0 Å². The van der Waals surface area contributed by atoms with Crippen molar-refractivity contribution in [2.45, 2.75) is 33.2 Å². The topological polar surface area (TPSA) is 21.7 Å². The summed E-state index contributed by atoms with van der Waals surface area (Å²) >= 11 is 5.76. The number of hydrogen-bond acceptors (Lipinski definition) is 3. The maximum absolute atomic E-state index is 5.85. The third-order valence-electron chi connectivity index (χ3n) is 3.09. The summed E-state index contributed by atoms with van der Waals surface area (Å²) in [6.45, 7) is 9.58. The summed E-state index contributed by atoms with van der Waals surface area (Å²) < 4.78 is 11.4. The fraction of sp³-hybridized carbons (Fsp3) is 0.625. The largest absolute Gasteiger partial charge is 0.490 e. The fourth-order valence-corrected chi connectivity index (χ4v) is 2.13. The number of alkyl halides is 1. The molecule has 0 aliphatic carbocycles. The molecule has 0 unspecified atom stereocenters. The Morgan fingerprint density at radius 3 is 2.30 bits per heavy atom. The van der Waals surface area contributed by atoms with Crippen molar-refractivity contribution in [2.24, 2.45) is 0 Å². The Labute approximate surface area is 127 Å². The van der Waals surface area contributed by atoms with Crippen LogP contribution in [0.25, 0.3) is 0 Å². The minimum atomic E-state index is 0.504. The van der Waals surface area contributed by atoms with Crippen LogP contribution in [0.4, 0.5) is 0 Å². The Balaban J connectivity index is 2.45. The number of para-hydroxylation sites is 2. The van der Waals surface area contributed by atoms with E-state index >= 15 is 0 Å². The van der Waals surface area contributed by atoms with E-state index in [9.17, 15) is 0 Å². The summed E-state index contributed by atoms with van der Waals surface area (Å²) in [6.07, 6.45) is 1.01. The van der Waals surface area contributed by atoms with Gasteiger partial charge in [-0.25, -0.2) is 0 Å². The molecule has 0 aromatic heterocycles. The van der Waals surface area contributed by atoms with Crippen molar-refractivity contribution < 1.29 is 9.47 Å². The zero-order valence-corrected chi connectivity index (χ0v) is 13.5. The quantitative estimate of drug-likeness (QED) is 0.613. The molecule has 0 N–H and O–H groups in total. The molecule has 0 radical (unpaired) electrons. The third-order valence-corrected chi connectivity index (χ3v) is 3.36. The van der Waals surface area contributed by atoms with E-state index in [0.717, 1.165) is 31.0 Å². The lowest BCUT2D eigenvalue weighted by Crippen LogP contribution is -2.35. The van der Waals surface area contributed by atoms with E-state index in [1.807, 2.05) is 31.2 Å². The lowest BCUT2D eigenvalue weighted by Gasteiger charge is -2.26. The smallest absolute Gasteiger partial charge is 0.161 e. The van der Waals surface area contributed by atoms with Gasteiger partial charge < -0.3 is 9.47 Å². The molecule has 20 heavy (non-hydrogen) atoms. The first kappa shape index (κ1) is 17.1. The van der Waals surface area contributed by atoms with Gasteiger partial charge in [0.1, 0.15) is 6.61 Å². The van der Waals surface area contributed by atoms with Gasteiger partial charge in [-0.15, -0.1) is 11.6 Å². The second-order valence-electron chi connectivity index (χ2n) is 4.90. The van der Waals surface area contributed by atoms with Crippen LogP contribution in [0, 0.1) is 0 Å². The molecule has 0 aliphatic heterocycles. The lowest BCUT2D eigenvalue weighted by molar-refractivity contribution is 0.173. The number of rotatable bonds is 10. The normalized spacial score (nSPS) is 11.1. The molecule has 0 spiro atoms. The molecule has 1 rings (SSSR count). The molecular formula is C16H26ClNO2. The fourth-order valence-electron chi connectivity index (χ4n) is 2.01. The SMILES string of the molecule is CCOc1ccccc1OCCN(CCCCl)C(C)C. The van der Waals surface area contributed by atoms with Crippen LogP contribution in [-0.2, 0) is 0 Å². The van der Waals surface area contributed by atoms with Crippen LogP contribution in [-0.4, -0.2) is 43.1 Å². The van der Waals surface area contributed by atoms with Crippen LogP contribution in [0.15, 0.2) is 24.3 Å². The zero-order valence-electron chi connectivity index (χ0n) is 12.8. The van der Waals surface area contributed by atoms with Crippen LogP contribution in [0.1, 0.15) is 27.2 Å². The summed E-state index contributed by atoms with van der Waals surface area (Å²) in [4.78, 5) is 2.38. The first-order valence-electron chi connectivity index (χ1n) is 7.33. The molecule has 0 aliphatic rings. The molecule has 1 aromatic rings. The maximum Gasteiger partial charge on any atom is 0.161 e. The van der Waals surface area contributed by atoms with Gasteiger partial charge in [-0.3, -0.25) is 4.90 Å². The van der Waals surface area contributed by atoms with Gasteiger partial charge in [0.05, 0.1) is 6.61 Å². The Morgan fingerprint density at radius 1 is 1.10 bits per heavy atom. The van der Waals surface area contributed by atoms with Crippen molar-refractivity contribution in [3.05, 3.63) is 24.3 Å².